The van der Waals surface area contributed by atoms with Crippen molar-refractivity contribution >= 4 is 22.6 Å². The quantitative estimate of drug-likeness (QED) is 0.198. The second kappa shape index (κ2) is 11.9. The average molecular weight is 479 g/mol. The molecule has 0 fully saturated rings. The van der Waals surface area contributed by atoms with Gasteiger partial charge in [-0.3, -0.25) is 4.98 Å². The highest BCUT2D eigenvalue weighted by Crippen LogP contribution is 2.22. The Morgan fingerprint density at radius 3 is 2.38 bits per heavy atom. The molecule has 2 atom stereocenters. The number of aromatic nitrogens is 2. The van der Waals surface area contributed by atoms with E-state index in [-0.39, 0.29) is 22.4 Å². The summed E-state index contributed by atoms with van der Waals surface area (Å²) in [5.74, 6) is -0.153. The molecule has 0 aliphatic heterocycles. The fourth-order valence-electron chi connectivity index (χ4n) is 3.18. The van der Waals surface area contributed by atoms with Crippen LogP contribution >= 0.6 is 0 Å². The Labute approximate surface area is 203 Å². The molecule has 34 heavy (non-hydrogen) atoms. The lowest BCUT2D eigenvalue weighted by Gasteiger charge is -2.14. The van der Waals surface area contributed by atoms with E-state index in [9.17, 15) is 14.8 Å². The van der Waals surface area contributed by atoms with Crippen LogP contribution in [-0.4, -0.2) is 48.3 Å². The van der Waals surface area contributed by atoms with Gasteiger partial charge in [-0.15, -0.1) is 0 Å². The molecule has 1 aromatic heterocycles. The van der Waals surface area contributed by atoms with Crippen molar-refractivity contribution in [1.82, 2.24) is 15.3 Å². The Bertz CT molecular complexity index is 1130. The van der Waals surface area contributed by atoms with Crippen LogP contribution in [0.2, 0.25) is 0 Å². The second-order valence-corrected chi connectivity index (χ2v) is 10.3. The Morgan fingerprint density at radius 1 is 1.09 bits per heavy atom. The summed E-state index contributed by atoms with van der Waals surface area (Å²) in [5, 5.41) is 31.4. The first-order chi connectivity index (χ1) is 16.2. The number of allylic oxidation sites excluding steroid dienone is 1. The highest BCUT2D eigenvalue weighted by molar-refractivity contribution is 7.92. The zero-order valence-corrected chi connectivity index (χ0v) is 20.3. The van der Waals surface area contributed by atoms with Crippen LogP contribution in [0.25, 0.3) is 17.0 Å². The summed E-state index contributed by atoms with van der Waals surface area (Å²) in [6.07, 6.45) is 3.99. The predicted molar refractivity (Wildman–Crippen MR) is 136 cm³/mol. The van der Waals surface area contributed by atoms with Gasteiger partial charge in [-0.05, 0) is 67.3 Å². The van der Waals surface area contributed by atoms with Crippen molar-refractivity contribution in [3.63, 3.8) is 0 Å². The van der Waals surface area contributed by atoms with Gasteiger partial charge in [0.2, 0.25) is 0 Å². The van der Waals surface area contributed by atoms with E-state index in [4.69, 9.17) is 5.41 Å². The Morgan fingerprint density at radius 2 is 1.76 bits per heavy atom. The summed E-state index contributed by atoms with van der Waals surface area (Å²) >= 11 is -1.06. The summed E-state index contributed by atoms with van der Waals surface area (Å²) in [6, 6.07) is 14.7. The molecule has 3 aromatic rings. The van der Waals surface area contributed by atoms with Gasteiger partial charge in [0.25, 0.3) is 0 Å². The molecule has 3 rings (SSSR count). The normalized spacial score (nSPS) is 13.6. The molecule has 4 N–H and O–H groups in total. The molecule has 1 heterocycles. The van der Waals surface area contributed by atoms with Crippen LogP contribution in [0.5, 0.6) is 0 Å². The molecule has 8 heteroatoms. The van der Waals surface area contributed by atoms with Crippen LogP contribution < -0.4 is 5.32 Å². The zero-order chi connectivity index (χ0) is 24.7. The molecule has 7 nitrogen and oxygen atoms in total. The molecule has 0 saturated heterocycles. The van der Waals surface area contributed by atoms with E-state index in [1.54, 1.807) is 13.1 Å². The largest absolute Gasteiger partial charge is 0.611 e. The van der Waals surface area contributed by atoms with Crippen molar-refractivity contribution in [3.05, 3.63) is 83.8 Å². The monoisotopic (exact) mass is 478 g/mol. The van der Waals surface area contributed by atoms with E-state index < -0.39 is 17.3 Å². The van der Waals surface area contributed by atoms with Crippen molar-refractivity contribution in [1.29, 1.82) is 5.41 Å². The SMILES string of the molecule is CC(O)CNCc1ccc(C(=N)/C=C(\O)c2cncc(-c3ccc([S+]([O-])C(C)C)cc3)n2)cc1. The first-order valence-electron chi connectivity index (χ1n) is 11.1. The molecule has 178 valence electrons. The first kappa shape index (κ1) is 25.6. The van der Waals surface area contributed by atoms with E-state index in [1.807, 2.05) is 62.4 Å². The third-order valence-electron chi connectivity index (χ3n) is 5.02. The summed E-state index contributed by atoms with van der Waals surface area (Å²) in [5.41, 5.74) is 3.46. The maximum atomic E-state index is 12.3. The molecular formula is C26H30N4O3S. The maximum absolute atomic E-state index is 12.3. The highest BCUT2D eigenvalue weighted by atomic mass is 32.2. The standard InChI is InChI=1S/C26H30N4O3S/c1-17(2)34(33)22-10-8-21(9-11-22)24-15-29-16-25(30-24)26(32)12-23(27)20-6-4-19(5-7-20)14-28-13-18(3)31/h4-12,15-18,27-28,31-32H,13-14H2,1-3H3/b26-12-,27-23?. The molecule has 0 amide bonds. The first-order valence-corrected chi connectivity index (χ1v) is 12.3. The van der Waals surface area contributed by atoms with Gasteiger partial charge in [-0.25, -0.2) is 4.98 Å². The number of aliphatic hydroxyl groups is 2. The van der Waals surface area contributed by atoms with E-state index in [0.29, 0.717) is 24.3 Å². The molecule has 0 bridgehead atoms. The molecule has 0 spiro atoms. The lowest BCUT2D eigenvalue weighted by atomic mass is 10.1. The average Bonchev–Trinajstić information content (AvgIpc) is 2.84. The van der Waals surface area contributed by atoms with Gasteiger partial charge in [0.15, 0.2) is 4.90 Å². The minimum atomic E-state index is -1.06. The van der Waals surface area contributed by atoms with Crippen LogP contribution in [0.4, 0.5) is 0 Å². The summed E-state index contributed by atoms with van der Waals surface area (Å²) in [6.45, 7) is 6.68. The topological polar surface area (TPSA) is 125 Å². The molecular weight excluding hydrogens is 448 g/mol. The minimum absolute atomic E-state index is 0.0364. The number of nitrogens with one attached hydrogen (secondary N) is 2. The number of aliphatic hydroxyl groups excluding tert-OH is 2. The van der Waals surface area contributed by atoms with Gasteiger partial charge < -0.3 is 25.5 Å². The van der Waals surface area contributed by atoms with E-state index in [0.717, 1.165) is 16.0 Å². The molecule has 0 aliphatic carbocycles. The fourth-order valence-corrected chi connectivity index (χ4v) is 4.13. The van der Waals surface area contributed by atoms with Gasteiger partial charge >= 0.3 is 0 Å². The molecule has 2 unspecified atom stereocenters. The fraction of sp³-hybridized carbons (Fsp3) is 0.269. The van der Waals surface area contributed by atoms with Gasteiger partial charge in [0.1, 0.15) is 16.7 Å². The number of benzene rings is 2. The van der Waals surface area contributed by atoms with Crippen LogP contribution in [0.1, 0.15) is 37.6 Å². The molecule has 0 radical (unpaired) electrons. The number of nitrogens with zero attached hydrogens (tertiary/aromatic N) is 2. The maximum Gasteiger partial charge on any atom is 0.152 e. The third-order valence-corrected chi connectivity index (χ3v) is 6.62. The third kappa shape index (κ3) is 6.98. The van der Waals surface area contributed by atoms with E-state index >= 15 is 0 Å². The minimum Gasteiger partial charge on any atom is -0.611 e. The van der Waals surface area contributed by atoms with E-state index in [2.05, 4.69) is 15.3 Å². The van der Waals surface area contributed by atoms with E-state index in [1.165, 1.54) is 12.3 Å². The Hall–Kier alpha value is -3.04. The van der Waals surface area contributed by atoms with Crippen LogP contribution in [-0.2, 0) is 17.7 Å². The number of hydrogen-bond donors (Lipinski definition) is 4. The molecule has 0 aliphatic rings. The predicted octanol–water partition coefficient (Wildman–Crippen LogP) is 4.10. The summed E-state index contributed by atoms with van der Waals surface area (Å²) in [7, 11) is 0. The highest BCUT2D eigenvalue weighted by Gasteiger charge is 2.15. The molecule has 2 aromatic carbocycles. The summed E-state index contributed by atoms with van der Waals surface area (Å²) < 4.78 is 12.3. The van der Waals surface area contributed by atoms with Gasteiger partial charge in [0.05, 0.1) is 29.9 Å². The van der Waals surface area contributed by atoms with Crippen molar-refractivity contribution in [2.75, 3.05) is 6.54 Å². The van der Waals surface area contributed by atoms with Gasteiger partial charge in [0, 0.05) is 24.7 Å². The van der Waals surface area contributed by atoms with Crippen LogP contribution in [0.15, 0.2) is 71.9 Å². The number of hydrogen-bond acceptors (Lipinski definition) is 7. The smallest absolute Gasteiger partial charge is 0.152 e. The number of rotatable bonds is 10. The van der Waals surface area contributed by atoms with Crippen molar-refractivity contribution in [2.24, 2.45) is 0 Å². The van der Waals surface area contributed by atoms with Crippen LogP contribution in [0.3, 0.4) is 0 Å². The second-order valence-electron chi connectivity index (χ2n) is 8.28. The van der Waals surface area contributed by atoms with Crippen molar-refractivity contribution in [2.45, 2.75) is 43.6 Å². The molecule has 0 saturated carbocycles. The Kier molecular flexibility index (Phi) is 8.95. The summed E-state index contributed by atoms with van der Waals surface area (Å²) in [4.78, 5) is 9.41. The van der Waals surface area contributed by atoms with Crippen LogP contribution in [0, 0.1) is 5.41 Å². The van der Waals surface area contributed by atoms with Gasteiger partial charge in [-0.2, -0.15) is 0 Å². The Balaban J connectivity index is 1.71. The lowest BCUT2D eigenvalue weighted by Crippen LogP contribution is -2.23. The van der Waals surface area contributed by atoms with Crippen molar-refractivity contribution in [3.8, 4) is 11.3 Å². The lowest BCUT2D eigenvalue weighted by molar-refractivity contribution is 0.191. The zero-order valence-electron chi connectivity index (χ0n) is 19.5. The van der Waals surface area contributed by atoms with Gasteiger partial charge in [-0.1, -0.05) is 24.3 Å². The van der Waals surface area contributed by atoms with Crippen molar-refractivity contribution < 1.29 is 14.8 Å².